The number of nitriles is 2. The summed E-state index contributed by atoms with van der Waals surface area (Å²) in [6, 6.07) is 10.5. The van der Waals surface area contributed by atoms with Crippen molar-refractivity contribution in [1.29, 1.82) is 10.5 Å². The van der Waals surface area contributed by atoms with E-state index >= 15 is 0 Å². The number of ether oxygens (including phenoxy) is 1. The number of nitrogens with zero attached hydrogens (tertiary/aromatic N) is 3. The molecule has 0 saturated carbocycles. The molecule has 1 heterocycles. The third-order valence-electron chi connectivity index (χ3n) is 3.21. The Labute approximate surface area is 137 Å². The normalized spacial score (nSPS) is 9.91. The molecule has 2 aromatic rings. The second-order valence-electron chi connectivity index (χ2n) is 4.46. The van der Waals surface area contributed by atoms with Crippen LogP contribution in [0.15, 0.2) is 34.0 Å². The quantitative estimate of drug-likeness (QED) is 0.864. The Morgan fingerprint density at radius 3 is 2.30 bits per heavy atom. The minimum Gasteiger partial charge on any atom is -0.497 e. The number of hydrogen-bond donors (Lipinski definition) is 1. The summed E-state index contributed by atoms with van der Waals surface area (Å²) in [5, 5.41) is 18.7. The summed E-state index contributed by atoms with van der Waals surface area (Å²) in [5.41, 5.74) is 6.04. The predicted octanol–water partition coefficient (Wildman–Crippen LogP) is 2.28. The molecule has 0 unspecified atom stereocenters. The first-order chi connectivity index (χ1) is 11.1. The van der Waals surface area contributed by atoms with Gasteiger partial charge in [0.15, 0.2) is 0 Å². The molecular weight excluding hydrogens is 312 g/mol. The maximum Gasteiger partial charge on any atom is 0.275 e. The average molecular weight is 326 g/mol. The van der Waals surface area contributed by atoms with Crippen molar-refractivity contribution in [1.82, 2.24) is 4.57 Å². The van der Waals surface area contributed by atoms with Crippen LogP contribution in [0.4, 0.5) is 5.82 Å². The van der Waals surface area contributed by atoms with Crippen molar-refractivity contribution in [2.75, 3.05) is 18.6 Å². The Balaban J connectivity index is 2.82. The molecule has 0 aliphatic rings. The third-order valence-corrected chi connectivity index (χ3v) is 4.20. The van der Waals surface area contributed by atoms with Crippen LogP contribution in [0, 0.1) is 22.7 Å². The average Bonchev–Trinajstić information content (AvgIpc) is 2.56. The summed E-state index contributed by atoms with van der Waals surface area (Å²) in [6.07, 6.45) is 0. The monoisotopic (exact) mass is 326 g/mol. The summed E-state index contributed by atoms with van der Waals surface area (Å²) in [4.78, 5) is 13.0. The zero-order valence-electron chi connectivity index (χ0n) is 12.7. The second kappa shape index (κ2) is 6.91. The maximum atomic E-state index is 12.6. The lowest BCUT2D eigenvalue weighted by Gasteiger charge is -2.15. The van der Waals surface area contributed by atoms with Crippen molar-refractivity contribution in [3.05, 3.63) is 45.7 Å². The molecule has 0 saturated heterocycles. The number of aromatic nitrogens is 1. The predicted molar refractivity (Wildman–Crippen MR) is 88.8 cm³/mol. The Kier molecular flexibility index (Phi) is 4.95. The highest BCUT2D eigenvalue weighted by molar-refractivity contribution is 7.99. The molecule has 0 aliphatic heterocycles. The van der Waals surface area contributed by atoms with E-state index in [0.29, 0.717) is 22.1 Å². The molecule has 2 rings (SSSR count). The molecule has 0 aliphatic carbocycles. The van der Waals surface area contributed by atoms with Gasteiger partial charge in [-0.25, -0.2) is 0 Å². The van der Waals surface area contributed by atoms with Crippen LogP contribution in [0.5, 0.6) is 5.75 Å². The number of pyridine rings is 1. The molecule has 0 fully saturated rings. The molecule has 23 heavy (non-hydrogen) atoms. The van der Waals surface area contributed by atoms with E-state index in [-0.39, 0.29) is 16.9 Å². The van der Waals surface area contributed by atoms with E-state index in [0.717, 1.165) is 0 Å². The number of thioether (sulfide) groups is 1. The summed E-state index contributed by atoms with van der Waals surface area (Å²) < 4.78 is 6.26. The minimum absolute atomic E-state index is 0.0256. The van der Waals surface area contributed by atoms with E-state index in [4.69, 9.17) is 10.5 Å². The van der Waals surface area contributed by atoms with Gasteiger partial charge in [-0.2, -0.15) is 10.5 Å². The van der Waals surface area contributed by atoms with Crippen LogP contribution >= 0.6 is 11.8 Å². The molecule has 0 amide bonds. The summed E-state index contributed by atoms with van der Waals surface area (Å²) >= 11 is 1.26. The SMILES string of the molecule is CCSc1c(C#N)c(N)n(-c2ccc(OC)cc2)c(=O)c1C#N. The topological polar surface area (TPSA) is 105 Å². The van der Waals surface area contributed by atoms with Gasteiger partial charge in [-0.15, -0.1) is 11.8 Å². The fourth-order valence-corrected chi connectivity index (χ4v) is 3.01. The first kappa shape index (κ1) is 16.5. The Hall–Kier alpha value is -2.90. The van der Waals surface area contributed by atoms with Crippen molar-refractivity contribution in [3.8, 4) is 23.6 Å². The molecule has 1 aromatic carbocycles. The number of nitrogen functional groups attached to an aromatic ring is 1. The van der Waals surface area contributed by atoms with Crippen LogP contribution in [0.25, 0.3) is 5.69 Å². The summed E-state index contributed by atoms with van der Waals surface area (Å²) in [6.45, 7) is 1.87. The van der Waals surface area contributed by atoms with Crippen molar-refractivity contribution >= 4 is 17.6 Å². The maximum absolute atomic E-state index is 12.6. The fourth-order valence-electron chi connectivity index (χ4n) is 2.15. The molecule has 116 valence electrons. The molecule has 7 heteroatoms. The van der Waals surface area contributed by atoms with Gasteiger partial charge in [0.2, 0.25) is 0 Å². The van der Waals surface area contributed by atoms with Crippen molar-refractivity contribution < 1.29 is 4.74 Å². The van der Waals surface area contributed by atoms with Gasteiger partial charge in [0.25, 0.3) is 5.56 Å². The highest BCUT2D eigenvalue weighted by Gasteiger charge is 2.21. The van der Waals surface area contributed by atoms with E-state index in [1.807, 2.05) is 19.1 Å². The largest absolute Gasteiger partial charge is 0.497 e. The molecule has 6 nitrogen and oxygen atoms in total. The molecule has 0 bridgehead atoms. The summed E-state index contributed by atoms with van der Waals surface area (Å²) in [7, 11) is 1.54. The van der Waals surface area contributed by atoms with Gasteiger partial charge >= 0.3 is 0 Å². The van der Waals surface area contributed by atoms with Crippen LogP contribution in [0.1, 0.15) is 18.1 Å². The molecule has 2 N–H and O–H groups in total. The smallest absolute Gasteiger partial charge is 0.275 e. The second-order valence-corrected chi connectivity index (χ2v) is 5.73. The fraction of sp³-hybridized carbons (Fsp3) is 0.188. The van der Waals surface area contributed by atoms with Crippen LogP contribution < -0.4 is 16.0 Å². The van der Waals surface area contributed by atoms with Gasteiger partial charge in [-0.05, 0) is 30.0 Å². The van der Waals surface area contributed by atoms with Gasteiger partial charge in [-0.1, -0.05) is 6.92 Å². The van der Waals surface area contributed by atoms with Gasteiger partial charge in [0, 0.05) is 0 Å². The third kappa shape index (κ3) is 2.87. The number of nitrogens with two attached hydrogens (primary N) is 1. The first-order valence-electron chi connectivity index (χ1n) is 6.74. The minimum atomic E-state index is -0.537. The van der Waals surface area contributed by atoms with Crippen molar-refractivity contribution in [2.45, 2.75) is 11.8 Å². The zero-order chi connectivity index (χ0) is 17.0. The van der Waals surface area contributed by atoms with Crippen molar-refractivity contribution in [2.24, 2.45) is 0 Å². The Morgan fingerprint density at radius 2 is 1.83 bits per heavy atom. The number of rotatable bonds is 4. The number of anilines is 1. The van der Waals surface area contributed by atoms with Crippen molar-refractivity contribution in [3.63, 3.8) is 0 Å². The Bertz CT molecular complexity index is 873. The van der Waals surface area contributed by atoms with E-state index < -0.39 is 5.56 Å². The highest BCUT2D eigenvalue weighted by Crippen LogP contribution is 2.29. The molecule has 0 radical (unpaired) electrons. The molecule has 0 spiro atoms. The zero-order valence-corrected chi connectivity index (χ0v) is 13.5. The molecule has 1 aromatic heterocycles. The lowest BCUT2D eigenvalue weighted by Crippen LogP contribution is -2.26. The van der Waals surface area contributed by atoms with Gasteiger partial charge < -0.3 is 10.5 Å². The van der Waals surface area contributed by atoms with Crippen LogP contribution in [0.2, 0.25) is 0 Å². The number of methoxy groups -OCH3 is 1. The van der Waals surface area contributed by atoms with Crippen LogP contribution in [-0.2, 0) is 0 Å². The van der Waals surface area contributed by atoms with E-state index in [1.165, 1.54) is 23.4 Å². The van der Waals surface area contributed by atoms with Crippen LogP contribution in [0.3, 0.4) is 0 Å². The van der Waals surface area contributed by atoms with E-state index in [9.17, 15) is 15.3 Å². The van der Waals surface area contributed by atoms with E-state index in [1.54, 1.807) is 24.3 Å². The van der Waals surface area contributed by atoms with Gasteiger partial charge in [0.05, 0.1) is 17.7 Å². The van der Waals surface area contributed by atoms with E-state index in [2.05, 4.69) is 0 Å². The molecular formula is C16H14N4O2S. The van der Waals surface area contributed by atoms with Gasteiger partial charge in [-0.3, -0.25) is 9.36 Å². The number of hydrogen-bond acceptors (Lipinski definition) is 6. The lowest BCUT2D eigenvalue weighted by molar-refractivity contribution is 0.414. The Morgan fingerprint density at radius 1 is 1.22 bits per heavy atom. The standard InChI is InChI=1S/C16H14N4O2S/c1-3-23-14-12(8-17)15(19)20(16(21)13(14)9-18)10-4-6-11(22-2)7-5-10/h4-7H,3,19H2,1-2H3. The lowest BCUT2D eigenvalue weighted by atomic mass is 10.1. The summed E-state index contributed by atoms with van der Waals surface area (Å²) in [5.74, 6) is 1.27. The molecule has 0 atom stereocenters. The number of benzene rings is 1. The van der Waals surface area contributed by atoms with Crippen LogP contribution in [-0.4, -0.2) is 17.4 Å². The highest BCUT2D eigenvalue weighted by atomic mass is 32.2. The first-order valence-corrected chi connectivity index (χ1v) is 7.73. The van der Waals surface area contributed by atoms with Gasteiger partial charge in [0.1, 0.15) is 34.8 Å².